The van der Waals surface area contributed by atoms with E-state index in [0.717, 1.165) is 5.56 Å². The molecular formula is C20H21ClN2O4. The predicted octanol–water partition coefficient (Wildman–Crippen LogP) is 2.61. The molecule has 0 aliphatic heterocycles. The molecule has 0 radical (unpaired) electrons. The number of rotatable bonds is 8. The number of hydrogen-bond donors (Lipinski definition) is 2. The molecule has 0 saturated heterocycles. The van der Waals surface area contributed by atoms with Crippen molar-refractivity contribution in [2.75, 3.05) is 13.1 Å². The van der Waals surface area contributed by atoms with E-state index in [9.17, 15) is 14.4 Å². The minimum absolute atomic E-state index is 0.229. The van der Waals surface area contributed by atoms with Crippen molar-refractivity contribution >= 4 is 29.4 Å². The number of carbonyl (C=O) groups is 3. The van der Waals surface area contributed by atoms with Gasteiger partial charge in [0.05, 0.1) is 0 Å². The first-order valence-electron chi connectivity index (χ1n) is 8.51. The summed E-state index contributed by atoms with van der Waals surface area (Å²) in [5.41, 5.74) is 1.23. The summed E-state index contributed by atoms with van der Waals surface area (Å²) in [6.07, 6.45) is 0.259. The van der Waals surface area contributed by atoms with Gasteiger partial charge >= 0.3 is 5.97 Å². The Hall–Kier alpha value is -2.86. The normalized spacial score (nSPS) is 11.5. The van der Waals surface area contributed by atoms with Gasteiger partial charge in [-0.15, -0.1) is 0 Å². The van der Waals surface area contributed by atoms with Crippen LogP contribution in [0.15, 0.2) is 54.6 Å². The van der Waals surface area contributed by atoms with Gasteiger partial charge in [0.2, 0.25) is 5.91 Å². The Labute approximate surface area is 162 Å². The van der Waals surface area contributed by atoms with Crippen LogP contribution in [0, 0.1) is 0 Å². The molecule has 1 atom stereocenters. The molecule has 7 heteroatoms. The second-order valence-electron chi connectivity index (χ2n) is 5.97. The van der Waals surface area contributed by atoms with Crippen LogP contribution in [-0.4, -0.2) is 46.9 Å². The molecule has 0 saturated carbocycles. The number of carbonyl (C=O) groups excluding carboxylic acids is 2. The van der Waals surface area contributed by atoms with Crippen molar-refractivity contribution in [2.24, 2.45) is 0 Å². The number of nitrogens with zero attached hydrogens (tertiary/aromatic N) is 1. The fourth-order valence-electron chi connectivity index (χ4n) is 2.62. The predicted molar refractivity (Wildman–Crippen MR) is 103 cm³/mol. The lowest BCUT2D eigenvalue weighted by Crippen LogP contribution is -2.50. The van der Waals surface area contributed by atoms with Gasteiger partial charge in [0.15, 0.2) is 0 Å². The molecule has 2 rings (SSSR count). The van der Waals surface area contributed by atoms with E-state index in [2.05, 4.69) is 5.32 Å². The quantitative estimate of drug-likeness (QED) is 0.727. The summed E-state index contributed by atoms with van der Waals surface area (Å²) in [4.78, 5) is 37.7. The minimum Gasteiger partial charge on any atom is -0.480 e. The number of carboxylic acids is 1. The molecule has 142 valence electrons. The Balaban J connectivity index is 2.22. The Kier molecular flexibility index (Phi) is 7.37. The van der Waals surface area contributed by atoms with Crippen molar-refractivity contribution in [3.63, 3.8) is 0 Å². The maximum absolute atomic E-state index is 12.9. The van der Waals surface area contributed by atoms with E-state index in [1.807, 2.05) is 30.3 Å². The summed E-state index contributed by atoms with van der Waals surface area (Å²) < 4.78 is 0. The molecule has 0 fully saturated rings. The van der Waals surface area contributed by atoms with E-state index in [1.54, 1.807) is 31.2 Å². The number of carboxylic acid groups (broad SMARTS) is 1. The van der Waals surface area contributed by atoms with Crippen LogP contribution in [0.1, 0.15) is 22.8 Å². The molecule has 0 aliphatic rings. The molecule has 2 aromatic carbocycles. The second kappa shape index (κ2) is 9.73. The van der Waals surface area contributed by atoms with Gasteiger partial charge < -0.3 is 15.3 Å². The molecule has 0 spiro atoms. The van der Waals surface area contributed by atoms with Gasteiger partial charge in [-0.05, 0) is 36.8 Å². The number of likely N-dealkylation sites (N-methyl/N-ethyl adjacent to an activating group) is 1. The lowest BCUT2D eigenvalue weighted by molar-refractivity contribution is -0.145. The van der Waals surface area contributed by atoms with E-state index in [0.29, 0.717) is 10.6 Å². The third kappa shape index (κ3) is 6.11. The Bertz CT molecular complexity index is 793. The van der Waals surface area contributed by atoms with Crippen LogP contribution in [0.4, 0.5) is 0 Å². The molecule has 1 unspecified atom stereocenters. The molecule has 0 aromatic heterocycles. The van der Waals surface area contributed by atoms with Crippen molar-refractivity contribution in [2.45, 2.75) is 19.4 Å². The molecule has 0 bridgehead atoms. The Morgan fingerprint density at radius 2 is 1.70 bits per heavy atom. The SMILES string of the molecule is CCN(CC(=O)O)C(=O)C(Cc1ccccc1)NC(=O)c1ccc(Cl)cc1. The monoisotopic (exact) mass is 388 g/mol. The number of aliphatic carboxylic acids is 1. The van der Waals surface area contributed by atoms with Crippen molar-refractivity contribution in [1.29, 1.82) is 0 Å². The van der Waals surface area contributed by atoms with Crippen LogP contribution in [0.5, 0.6) is 0 Å². The van der Waals surface area contributed by atoms with E-state index >= 15 is 0 Å². The molecule has 2 N–H and O–H groups in total. The highest BCUT2D eigenvalue weighted by atomic mass is 35.5. The molecule has 0 heterocycles. The maximum Gasteiger partial charge on any atom is 0.323 e. The molecule has 0 aliphatic carbocycles. The van der Waals surface area contributed by atoms with Gasteiger partial charge in [-0.2, -0.15) is 0 Å². The number of benzene rings is 2. The lowest BCUT2D eigenvalue weighted by atomic mass is 10.0. The van der Waals surface area contributed by atoms with Crippen molar-refractivity contribution < 1.29 is 19.5 Å². The van der Waals surface area contributed by atoms with Crippen LogP contribution in [0.2, 0.25) is 5.02 Å². The fourth-order valence-corrected chi connectivity index (χ4v) is 2.75. The molecular weight excluding hydrogens is 368 g/mol. The highest BCUT2D eigenvalue weighted by Crippen LogP contribution is 2.11. The summed E-state index contributed by atoms with van der Waals surface area (Å²) in [7, 11) is 0. The van der Waals surface area contributed by atoms with Gasteiger partial charge in [-0.25, -0.2) is 0 Å². The van der Waals surface area contributed by atoms with Crippen molar-refractivity contribution in [3.05, 3.63) is 70.7 Å². The van der Waals surface area contributed by atoms with Crippen molar-refractivity contribution in [3.8, 4) is 0 Å². The standard InChI is InChI=1S/C20H21ClN2O4/c1-2-23(13-18(24)25)20(27)17(12-14-6-4-3-5-7-14)22-19(26)15-8-10-16(21)11-9-15/h3-11,17H,2,12-13H2,1H3,(H,22,26)(H,24,25). The van der Waals surface area contributed by atoms with Crippen LogP contribution in [-0.2, 0) is 16.0 Å². The lowest BCUT2D eigenvalue weighted by Gasteiger charge is -2.26. The number of nitrogens with one attached hydrogen (secondary N) is 1. The Morgan fingerprint density at radius 3 is 2.26 bits per heavy atom. The molecule has 6 nitrogen and oxygen atoms in total. The zero-order chi connectivity index (χ0) is 19.8. The summed E-state index contributed by atoms with van der Waals surface area (Å²) in [6.45, 7) is 1.51. The highest BCUT2D eigenvalue weighted by Gasteiger charge is 2.27. The average Bonchev–Trinajstić information content (AvgIpc) is 2.66. The first kappa shape index (κ1) is 20.5. The van der Waals surface area contributed by atoms with E-state index in [4.69, 9.17) is 16.7 Å². The van der Waals surface area contributed by atoms with Gasteiger partial charge in [-0.1, -0.05) is 41.9 Å². The zero-order valence-corrected chi connectivity index (χ0v) is 15.6. The maximum atomic E-state index is 12.9. The van der Waals surface area contributed by atoms with Crippen LogP contribution in [0.3, 0.4) is 0 Å². The van der Waals surface area contributed by atoms with Crippen LogP contribution >= 0.6 is 11.6 Å². The largest absolute Gasteiger partial charge is 0.480 e. The van der Waals surface area contributed by atoms with Gasteiger partial charge in [0.1, 0.15) is 12.6 Å². The summed E-state index contributed by atoms with van der Waals surface area (Å²) in [5, 5.41) is 12.3. The fraction of sp³-hybridized carbons (Fsp3) is 0.250. The van der Waals surface area contributed by atoms with Gasteiger partial charge in [-0.3, -0.25) is 14.4 Å². The first-order valence-corrected chi connectivity index (χ1v) is 8.89. The Morgan fingerprint density at radius 1 is 1.07 bits per heavy atom. The van der Waals surface area contributed by atoms with E-state index < -0.39 is 30.4 Å². The van der Waals surface area contributed by atoms with E-state index in [1.165, 1.54) is 4.90 Å². The summed E-state index contributed by atoms with van der Waals surface area (Å²) in [6, 6.07) is 14.7. The number of halogens is 1. The summed E-state index contributed by atoms with van der Waals surface area (Å²) in [5.74, 6) is -1.97. The van der Waals surface area contributed by atoms with Gasteiger partial charge in [0.25, 0.3) is 5.91 Å². The number of hydrogen-bond acceptors (Lipinski definition) is 3. The third-order valence-electron chi connectivity index (χ3n) is 4.01. The van der Waals surface area contributed by atoms with E-state index in [-0.39, 0.29) is 13.0 Å². The first-order chi connectivity index (χ1) is 12.9. The van der Waals surface area contributed by atoms with Crippen LogP contribution < -0.4 is 5.32 Å². The highest BCUT2D eigenvalue weighted by molar-refractivity contribution is 6.30. The zero-order valence-electron chi connectivity index (χ0n) is 14.9. The smallest absolute Gasteiger partial charge is 0.323 e. The molecule has 2 aromatic rings. The topological polar surface area (TPSA) is 86.7 Å². The third-order valence-corrected chi connectivity index (χ3v) is 4.26. The molecule has 27 heavy (non-hydrogen) atoms. The minimum atomic E-state index is -1.10. The molecule has 2 amide bonds. The van der Waals surface area contributed by atoms with Crippen molar-refractivity contribution in [1.82, 2.24) is 10.2 Å². The number of amides is 2. The van der Waals surface area contributed by atoms with Crippen LogP contribution in [0.25, 0.3) is 0 Å². The summed E-state index contributed by atoms with van der Waals surface area (Å²) >= 11 is 5.84. The van der Waals surface area contributed by atoms with Gasteiger partial charge in [0, 0.05) is 23.6 Å². The average molecular weight is 389 g/mol. The second-order valence-corrected chi connectivity index (χ2v) is 6.41.